The maximum absolute atomic E-state index is 4.26. The molecule has 0 aromatic heterocycles. The fraction of sp³-hybridized carbons (Fsp3) is 0.312. The van der Waals surface area contributed by atoms with E-state index in [4.69, 9.17) is 0 Å². The van der Waals surface area contributed by atoms with E-state index in [0.29, 0.717) is 11.8 Å². The van der Waals surface area contributed by atoms with Crippen LogP contribution < -0.4 is 0 Å². The summed E-state index contributed by atoms with van der Waals surface area (Å²) in [6, 6.07) is 16.3. The van der Waals surface area contributed by atoms with E-state index in [1.807, 2.05) is 12.2 Å². The van der Waals surface area contributed by atoms with E-state index in [-0.39, 0.29) is 5.41 Å². The molecule has 0 nitrogen and oxygen atoms in total. The Morgan fingerprint density at radius 1 is 0.688 bits per heavy atom. The van der Waals surface area contributed by atoms with Crippen LogP contribution in [0.4, 0.5) is 0 Å². The van der Waals surface area contributed by atoms with Crippen molar-refractivity contribution in [3.8, 4) is 22.3 Å². The molecule has 0 saturated carbocycles. The van der Waals surface area contributed by atoms with Crippen LogP contribution in [-0.4, -0.2) is 0 Å². The van der Waals surface area contributed by atoms with Crippen molar-refractivity contribution in [3.63, 3.8) is 0 Å². The number of aryl methyl sites for hydroxylation is 3. The van der Waals surface area contributed by atoms with Crippen molar-refractivity contribution in [2.45, 2.75) is 53.9 Å². The molecular weight excluding hydrogens is 384 g/mol. The van der Waals surface area contributed by atoms with Gasteiger partial charge in [-0.05, 0) is 94.3 Å². The van der Waals surface area contributed by atoms with Gasteiger partial charge < -0.3 is 0 Å². The highest BCUT2D eigenvalue weighted by molar-refractivity contribution is 5.95. The topological polar surface area (TPSA) is 0 Å². The summed E-state index contributed by atoms with van der Waals surface area (Å²) in [4.78, 5) is 0. The average molecular weight is 421 g/mol. The fourth-order valence-corrected chi connectivity index (χ4v) is 6.19. The second-order valence-electron chi connectivity index (χ2n) is 10.1. The highest BCUT2D eigenvalue weighted by atomic mass is 14.5. The monoisotopic (exact) mass is 420 g/mol. The third kappa shape index (κ3) is 2.96. The fourth-order valence-electron chi connectivity index (χ4n) is 6.19. The minimum Gasteiger partial charge on any atom is -0.0984 e. The van der Waals surface area contributed by atoms with Crippen LogP contribution in [0.15, 0.2) is 55.6 Å². The lowest BCUT2D eigenvalue weighted by Gasteiger charge is -2.41. The number of rotatable bonds is 5. The van der Waals surface area contributed by atoms with E-state index in [2.05, 4.69) is 104 Å². The molecule has 0 saturated heterocycles. The Morgan fingerprint density at radius 2 is 1.34 bits per heavy atom. The van der Waals surface area contributed by atoms with E-state index in [1.54, 1.807) is 0 Å². The zero-order valence-electron chi connectivity index (χ0n) is 20.8. The smallest absolute Gasteiger partial charge is 0.0261 e. The molecule has 0 radical (unpaired) electrons. The minimum absolute atomic E-state index is 0.0390. The van der Waals surface area contributed by atoms with Gasteiger partial charge in [0.15, 0.2) is 0 Å². The molecule has 0 heteroatoms. The van der Waals surface area contributed by atoms with Crippen LogP contribution in [0.5, 0.6) is 0 Å². The summed E-state index contributed by atoms with van der Waals surface area (Å²) in [5, 5.41) is 0. The number of hydrogen-bond donors (Lipinski definition) is 0. The van der Waals surface area contributed by atoms with Crippen LogP contribution in [0.1, 0.15) is 66.6 Å². The molecule has 0 unspecified atom stereocenters. The maximum atomic E-state index is 4.26. The Labute approximate surface area is 194 Å². The summed E-state index contributed by atoms with van der Waals surface area (Å²) in [6.07, 6.45) is 4.06. The molecule has 0 bridgehead atoms. The van der Waals surface area contributed by atoms with Gasteiger partial charge in [0.2, 0.25) is 0 Å². The molecule has 164 valence electrons. The van der Waals surface area contributed by atoms with Gasteiger partial charge in [0.1, 0.15) is 0 Å². The SMILES string of the molecule is C=Cc1c(-c2ccc(C)c(C)c2)cc2c(c1C=C)-c1ccc(C)cc1C2(C(C)C)C(C)C. The summed E-state index contributed by atoms with van der Waals surface area (Å²) in [5.74, 6) is 0.924. The predicted molar refractivity (Wildman–Crippen MR) is 142 cm³/mol. The van der Waals surface area contributed by atoms with Crippen molar-refractivity contribution >= 4 is 12.2 Å². The van der Waals surface area contributed by atoms with E-state index in [1.165, 1.54) is 61.2 Å². The first-order chi connectivity index (χ1) is 15.2. The van der Waals surface area contributed by atoms with Gasteiger partial charge in [-0.15, -0.1) is 0 Å². The number of hydrogen-bond acceptors (Lipinski definition) is 0. The third-order valence-electron chi connectivity index (χ3n) is 7.79. The van der Waals surface area contributed by atoms with Gasteiger partial charge >= 0.3 is 0 Å². The average Bonchev–Trinajstić information content (AvgIpc) is 3.04. The summed E-state index contributed by atoms with van der Waals surface area (Å²) in [5.41, 5.74) is 14.4. The molecule has 0 amide bonds. The van der Waals surface area contributed by atoms with E-state index in [9.17, 15) is 0 Å². The Morgan fingerprint density at radius 3 is 1.91 bits per heavy atom. The predicted octanol–water partition coefficient (Wildman–Crippen LogP) is 9.14. The van der Waals surface area contributed by atoms with Crippen LogP contribution in [0.2, 0.25) is 0 Å². The van der Waals surface area contributed by atoms with Gasteiger partial charge in [-0.1, -0.05) is 95.0 Å². The van der Waals surface area contributed by atoms with Crippen molar-refractivity contribution in [2.24, 2.45) is 11.8 Å². The largest absolute Gasteiger partial charge is 0.0984 e. The molecule has 0 N–H and O–H groups in total. The van der Waals surface area contributed by atoms with Gasteiger partial charge in [-0.25, -0.2) is 0 Å². The van der Waals surface area contributed by atoms with Gasteiger partial charge in [0.05, 0.1) is 0 Å². The lowest BCUT2D eigenvalue weighted by Crippen LogP contribution is -2.37. The molecule has 1 aliphatic carbocycles. The molecule has 3 aromatic rings. The standard InChI is InChI=1S/C32H36/c1-10-25-26(11-2)31-27-15-12-21(7)16-29(27)32(19(3)4,20(5)6)30(31)18-28(25)24-14-13-22(8)23(9)17-24/h10-20H,1-2H2,3-9H3. The van der Waals surface area contributed by atoms with Crippen LogP contribution >= 0.6 is 0 Å². The second-order valence-corrected chi connectivity index (χ2v) is 10.1. The molecule has 3 aromatic carbocycles. The molecular formula is C32H36. The quantitative estimate of drug-likeness (QED) is 0.386. The minimum atomic E-state index is -0.0390. The second kappa shape index (κ2) is 7.93. The Balaban J connectivity index is 2.20. The highest BCUT2D eigenvalue weighted by Gasteiger charge is 2.48. The van der Waals surface area contributed by atoms with Crippen molar-refractivity contribution in [1.29, 1.82) is 0 Å². The van der Waals surface area contributed by atoms with Crippen LogP contribution in [0.25, 0.3) is 34.4 Å². The van der Waals surface area contributed by atoms with Crippen molar-refractivity contribution < 1.29 is 0 Å². The van der Waals surface area contributed by atoms with Crippen molar-refractivity contribution in [3.05, 3.63) is 94.6 Å². The molecule has 0 heterocycles. The zero-order valence-corrected chi connectivity index (χ0v) is 20.8. The Hall–Kier alpha value is -2.86. The summed E-state index contributed by atoms with van der Waals surface area (Å²) in [6.45, 7) is 24.6. The molecule has 0 aliphatic heterocycles. The van der Waals surface area contributed by atoms with Crippen molar-refractivity contribution in [1.82, 2.24) is 0 Å². The summed E-state index contributed by atoms with van der Waals surface area (Å²) >= 11 is 0. The Kier molecular flexibility index (Phi) is 5.53. The first kappa shape index (κ1) is 22.3. The highest BCUT2D eigenvalue weighted by Crippen LogP contribution is 2.59. The zero-order chi connectivity index (χ0) is 23.4. The molecule has 0 atom stereocenters. The van der Waals surface area contributed by atoms with Gasteiger partial charge in [-0.2, -0.15) is 0 Å². The maximum Gasteiger partial charge on any atom is 0.0261 e. The van der Waals surface area contributed by atoms with E-state index < -0.39 is 0 Å². The van der Waals surface area contributed by atoms with Gasteiger partial charge in [0, 0.05) is 5.41 Å². The normalized spacial score (nSPS) is 13.9. The van der Waals surface area contributed by atoms with E-state index in [0.717, 1.165) is 0 Å². The third-order valence-corrected chi connectivity index (χ3v) is 7.79. The first-order valence-electron chi connectivity index (χ1n) is 11.8. The van der Waals surface area contributed by atoms with E-state index >= 15 is 0 Å². The Bertz CT molecular complexity index is 1230. The van der Waals surface area contributed by atoms with Gasteiger partial charge in [-0.3, -0.25) is 0 Å². The lowest BCUT2D eigenvalue weighted by molar-refractivity contribution is 0.280. The van der Waals surface area contributed by atoms with Crippen molar-refractivity contribution in [2.75, 3.05) is 0 Å². The molecule has 1 aliphatic rings. The molecule has 32 heavy (non-hydrogen) atoms. The lowest BCUT2D eigenvalue weighted by atomic mass is 9.62. The number of benzene rings is 3. The first-order valence-corrected chi connectivity index (χ1v) is 11.8. The summed E-state index contributed by atoms with van der Waals surface area (Å²) in [7, 11) is 0. The number of fused-ring (bicyclic) bond motifs is 3. The molecule has 0 fully saturated rings. The molecule has 0 spiro atoms. The van der Waals surface area contributed by atoms with Crippen LogP contribution in [0, 0.1) is 32.6 Å². The molecule has 4 rings (SSSR count). The van der Waals surface area contributed by atoms with Gasteiger partial charge in [0.25, 0.3) is 0 Å². The van der Waals surface area contributed by atoms with Crippen LogP contribution in [-0.2, 0) is 5.41 Å². The summed E-state index contributed by atoms with van der Waals surface area (Å²) < 4.78 is 0. The van der Waals surface area contributed by atoms with Crippen LogP contribution in [0.3, 0.4) is 0 Å².